The number of amides is 1. The SMILES string of the molecule is CSc1ccc(CN2CC(c3noc(-c4ccc(C(F)(F)F)cc4)n3)CC2=O)cc1. The molecular formula is C21H18F3N3O2S. The van der Waals surface area contributed by atoms with Crippen LogP contribution in [0.1, 0.15) is 29.3 Å². The molecule has 1 saturated heterocycles. The molecule has 2 aromatic carbocycles. The minimum Gasteiger partial charge on any atom is -0.338 e. The van der Waals surface area contributed by atoms with E-state index in [-0.39, 0.29) is 24.1 Å². The molecule has 0 bridgehead atoms. The van der Waals surface area contributed by atoms with Crippen LogP contribution in [0.4, 0.5) is 13.2 Å². The molecule has 0 aliphatic carbocycles. The minimum atomic E-state index is -4.40. The summed E-state index contributed by atoms with van der Waals surface area (Å²) < 4.78 is 43.4. The Morgan fingerprint density at radius 2 is 1.83 bits per heavy atom. The summed E-state index contributed by atoms with van der Waals surface area (Å²) in [6.45, 7) is 0.975. The van der Waals surface area contributed by atoms with E-state index in [9.17, 15) is 18.0 Å². The lowest BCUT2D eigenvalue weighted by Gasteiger charge is -2.16. The Morgan fingerprint density at radius 3 is 2.47 bits per heavy atom. The first-order valence-electron chi connectivity index (χ1n) is 9.25. The van der Waals surface area contributed by atoms with E-state index in [1.165, 1.54) is 12.1 Å². The van der Waals surface area contributed by atoms with Gasteiger partial charge in [0, 0.05) is 35.9 Å². The number of nitrogens with zero attached hydrogens (tertiary/aromatic N) is 3. The van der Waals surface area contributed by atoms with Crippen molar-refractivity contribution in [1.29, 1.82) is 0 Å². The van der Waals surface area contributed by atoms with Gasteiger partial charge in [0.05, 0.1) is 5.56 Å². The lowest BCUT2D eigenvalue weighted by molar-refractivity contribution is -0.137. The Labute approximate surface area is 175 Å². The highest BCUT2D eigenvalue weighted by atomic mass is 32.2. The van der Waals surface area contributed by atoms with E-state index >= 15 is 0 Å². The molecule has 1 atom stereocenters. The molecule has 1 unspecified atom stereocenters. The Kier molecular flexibility index (Phi) is 5.55. The summed E-state index contributed by atoms with van der Waals surface area (Å²) in [6, 6.07) is 12.6. The van der Waals surface area contributed by atoms with Gasteiger partial charge in [0.15, 0.2) is 5.82 Å². The number of halogens is 3. The molecule has 1 amide bonds. The van der Waals surface area contributed by atoms with Gasteiger partial charge in [-0.3, -0.25) is 4.79 Å². The molecule has 0 radical (unpaired) electrons. The third kappa shape index (κ3) is 4.35. The molecule has 1 aliphatic heterocycles. The van der Waals surface area contributed by atoms with E-state index in [1.54, 1.807) is 16.7 Å². The average Bonchev–Trinajstić information content (AvgIpc) is 3.35. The molecule has 30 heavy (non-hydrogen) atoms. The number of thioether (sulfide) groups is 1. The highest BCUT2D eigenvalue weighted by Crippen LogP contribution is 2.32. The highest BCUT2D eigenvalue weighted by molar-refractivity contribution is 7.98. The number of carbonyl (C=O) groups excluding carboxylic acids is 1. The van der Waals surface area contributed by atoms with Crippen molar-refractivity contribution in [2.24, 2.45) is 0 Å². The number of rotatable bonds is 5. The summed E-state index contributed by atoms with van der Waals surface area (Å²) in [6.07, 6.45) is -2.12. The van der Waals surface area contributed by atoms with Crippen molar-refractivity contribution >= 4 is 17.7 Å². The van der Waals surface area contributed by atoms with Crippen molar-refractivity contribution in [2.45, 2.75) is 30.0 Å². The maximum Gasteiger partial charge on any atom is 0.416 e. The van der Waals surface area contributed by atoms with Crippen LogP contribution in [0.15, 0.2) is 57.9 Å². The molecule has 3 aromatic rings. The summed E-state index contributed by atoms with van der Waals surface area (Å²) >= 11 is 1.66. The van der Waals surface area contributed by atoms with E-state index in [4.69, 9.17) is 4.52 Å². The van der Waals surface area contributed by atoms with Crippen molar-refractivity contribution < 1.29 is 22.5 Å². The van der Waals surface area contributed by atoms with Gasteiger partial charge in [0.1, 0.15) is 0 Å². The Bertz CT molecular complexity index is 1030. The van der Waals surface area contributed by atoms with Crippen LogP contribution in [0.25, 0.3) is 11.5 Å². The van der Waals surface area contributed by atoms with Crippen molar-refractivity contribution in [1.82, 2.24) is 15.0 Å². The average molecular weight is 433 g/mol. The van der Waals surface area contributed by atoms with Crippen LogP contribution in [0.2, 0.25) is 0 Å². The van der Waals surface area contributed by atoms with Crippen LogP contribution >= 0.6 is 11.8 Å². The van der Waals surface area contributed by atoms with Gasteiger partial charge in [-0.05, 0) is 48.2 Å². The van der Waals surface area contributed by atoms with Gasteiger partial charge in [-0.1, -0.05) is 17.3 Å². The molecule has 156 valence electrons. The van der Waals surface area contributed by atoms with Crippen molar-refractivity contribution in [3.8, 4) is 11.5 Å². The van der Waals surface area contributed by atoms with Gasteiger partial charge in [0.2, 0.25) is 5.91 Å². The Morgan fingerprint density at radius 1 is 1.13 bits per heavy atom. The Hall–Kier alpha value is -2.81. The van der Waals surface area contributed by atoms with Crippen LogP contribution < -0.4 is 0 Å². The zero-order valence-corrected chi connectivity index (χ0v) is 16.8. The normalized spacial score (nSPS) is 17.0. The molecule has 1 aliphatic rings. The van der Waals surface area contributed by atoms with Crippen LogP contribution in [0.3, 0.4) is 0 Å². The number of aromatic nitrogens is 2. The highest BCUT2D eigenvalue weighted by Gasteiger charge is 2.34. The third-order valence-corrected chi connectivity index (χ3v) is 5.76. The van der Waals surface area contributed by atoms with E-state index in [0.717, 1.165) is 22.6 Å². The first-order chi connectivity index (χ1) is 14.3. The molecule has 0 spiro atoms. The molecule has 4 rings (SSSR count). The van der Waals surface area contributed by atoms with Crippen LogP contribution in [0, 0.1) is 0 Å². The van der Waals surface area contributed by atoms with Crippen molar-refractivity contribution in [3.05, 3.63) is 65.5 Å². The number of hydrogen-bond donors (Lipinski definition) is 0. The fourth-order valence-corrected chi connectivity index (χ4v) is 3.78. The smallest absolute Gasteiger partial charge is 0.338 e. The van der Waals surface area contributed by atoms with E-state index in [0.29, 0.717) is 24.5 Å². The summed E-state index contributed by atoms with van der Waals surface area (Å²) in [5, 5.41) is 3.95. The molecule has 5 nitrogen and oxygen atoms in total. The Balaban J connectivity index is 1.44. The van der Waals surface area contributed by atoms with E-state index < -0.39 is 11.7 Å². The molecule has 1 fully saturated rings. The summed E-state index contributed by atoms with van der Waals surface area (Å²) in [4.78, 5) is 19.7. The minimum absolute atomic E-state index is 0.00910. The van der Waals surface area contributed by atoms with Gasteiger partial charge < -0.3 is 9.42 Å². The molecule has 0 saturated carbocycles. The molecule has 9 heteroatoms. The predicted molar refractivity (Wildman–Crippen MR) is 106 cm³/mol. The second-order valence-electron chi connectivity index (χ2n) is 7.06. The number of alkyl halides is 3. The first kappa shape index (κ1) is 20.5. The van der Waals surface area contributed by atoms with Gasteiger partial charge in [-0.2, -0.15) is 18.2 Å². The maximum absolute atomic E-state index is 12.7. The first-order valence-corrected chi connectivity index (χ1v) is 10.5. The van der Waals surface area contributed by atoms with Gasteiger partial charge in [-0.15, -0.1) is 11.8 Å². The molecule has 1 aromatic heterocycles. The van der Waals surface area contributed by atoms with E-state index in [1.807, 2.05) is 30.5 Å². The number of likely N-dealkylation sites (tertiary alicyclic amines) is 1. The fourth-order valence-electron chi connectivity index (χ4n) is 3.37. The van der Waals surface area contributed by atoms with Crippen molar-refractivity contribution in [2.75, 3.05) is 12.8 Å². The van der Waals surface area contributed by atoms with Crippen LogP contribution in [0.5, 0.6) is 0 Å². The largest absolute Gasteiger partial charge is 0.416 e. The lowest BCUT2D eigenvalue weighted by atomic mass is 10.1. The van der Waals surface area contributed by atoms with Gasteiger partial charge in [-0.25, -0.2) is 0 Å². The molecule has 0 N–H and O–H groups in total. The number of carbonyl (C=O) groups is 1. The molecular weight excluding hydrogens is 415 g/mol. The second-order valence-corrected chi connectivity index (χ2v) is 7.94. The predicted octanol–water partition coefficient (Wildman–Crippen LogP) is 4.99. The monoisotopic (exact) mass is 433 g/mol. The van der Waals surface area contributed by atoms with Crippen molar-refractivity contribution in [3.63, 3.8) is 0 Å². The summed E-state index contributed by atoms with van der Waals surface area (Å²) in [7, 11) is 0. The zero-order valence-electron chi connectivity index (χ0n) is 16.0. The van der Waals surface area contributed by atoms with E-state index in [2.05, 4.69) is 10.1 Å². The summed E-state index contributed by atoms with van der Waals surface area (Å²) in [5.74, 6) is 0.320. The lowest BCUT2D eigenvalue weighted by Crippen LogP contribution is -2.24. The van der Waals surface area contributed by atoms with Crippen LogP contribution in [-0.2, 0) is 17.5 Å². The quantitative estimate of drug-likeness (QED) is 0.531. The van der Waals surface area contributed by atoms with Gasteiger partial charge in [0.25, 0.3) is 5.89 Å². The fraction of sp³-hybridized carbons (Fsp3) is 0.286. The number of hydrogen-bond acceptors (Lipinski definition) is 5. The topological polar surface area (TPSA) is 59.2 Å². The second kappa shape index (κ2) is 8.14. The van der Waals surface area contributed by atoms with Crippen LogP contribution in [-0.4, -0.2) is 33.7 Å². The molecule has 2 heterocycles. The number of benzene rings is 2. The maximum atomic E-state index is 12.7. The third-order valence-electron chi connectivity index (χ3n) is 5.01. The standard InChI is InChI=1S/C21H18F3N3O2S/c1-30-17-8-2-13(3-9-17)11-27-12-15(10-18(27)28)19-25-20(29-26-19)14-4-6-16(7-5-14)21(22,23)24/h2-9,15H,10-12H2,1H3. The summed E-state index contributed by atoms with van der Waals surface area (Å²) in [5.41, 5.74) is 0.700. The zero-order chi connectivity index (χ0) is 21.3. The van der Waals surface area contributed by atoms with Gasteiger partial charge >= 0.3 is 6.18 Å².